The zero-order chi connectivity index (χ0) is 16.8. The van der Waals surface area contributed by atoms with Crippen molar-refractivity contribution in [2.75, 3.05) is 18.4 Å². The summed E-state index contributed by atoms with van der Waals surface area (Å²) in [7, 11) is 0. The van der Waals surface area contributed by atoms with E-state index in [4.69, 9.17) is 0 Å². The fourth-order valence-corrected chi connectivity index (χ4v) is 3.09. The lowest BCUT2D eigenvalue weighted by molar-refractivity contribution is -0.116. The van der Waals surface area contributed by atoms with E-state index in [1.165, 1.54) is 6.42 Å². The standard InChI is InChI=1S/C18H25N5O/c1-2-14-6-3-4-8-16(14)20-18(24)9-11-23-13-17(21-22-23)15-7-5-10-19-12-15/h3-4,6,8,13,15,19H,2,5,7,9-12H2,1H3,(H,20,24). The molecule has 1 aromatic carbocycles. The Hall–Kier alpha value is -2.21. The lowest BCUT2D eigenvalue weighted by Gasteiger charge is -2.20. The quantitative estimate of drug-likeness (QED) is 0.854. The summed E-state index contributed by atoms with van der Waals surface area (Å²) in [4.78, 5) is 12.2. The molecule has 0 spiro atoms. The normalized spacial score (nSPS) is 17.6. The topological polar surface area (TPSA) is 71.8 Å². The number of para-hydroxylation sites is 1. The predicted molar refractivity (Wildman–Crippen MR) is 93.9 cm³/mol. The lowest BCUT2D eigenvalue weighted by atomic mass is 9.97. The second-order valence-electron chi connectivity index (χ2n) is 6.26. The van der Waals surface area contributed by atoms with Crippen LogP contribution < -0.4 is 10.6 Å². The van der Waals surface area contributed by atoms with Crippen LogP contribution in [-0.4, -0.2) is 34.0 Å². The van der Waals surface area contributed by atoms with Crippen molar-refractivity contribution >= 4 is 11.6 Å². The highest BCUT2D eigenvalue weighted by Gasteiger charge is 2.18. The molecule has 2 heterocycles. The Morgan fingerprint density at radius 3 is 3.08 bits per heavy atom. The van der Waals surface area contributed by atoms with Crippen LogP contribution in [0.15, 0.2) is 30.5 Å². The SMILES string of the molecule is CCc1ccccc1NC(=O)CCn1cc(C2CCCNC2)nn1. The zero-order valence-electron chi connectivity index (χ0n) is 14.2. The molecular formula is C18H25N5O. The fourth-order valence-electron chi connectivity index (χ4n) is 3.09. The van der Waals surface area contributed by atoms with Crippen molar-refractivity contribution in [3.05, 3.63) is 41.7 Å². The minimum absolute atomic E-state index is 0.00674. The van der Waals surface area contributed by atoms with Gasteiger partial charge in [0, 0.05) is 30.8 Å². The highest BCUT2D eigenvalue weighted by atomic mass is 16.1. The maximum atomic E-state index is 12.2. The number of carbonyl (C=O) groups is 1. The number of carbonyl (C=O) groups excluding carboxylic acids is 1. The van der Waals surface area contributed by atoms with Gasteiger partial charge in [0.1, 0.15) is 0 Å². The van der Waals surface area contributed by atoms with Crippen LogP contribution in [0.4, 0.5) is 5.69 Å². The largest absolute Gasteiger partial charge is 0.326 e. The van der Waals surface area contributed by atoms with Gasteiger partial charge in [-0.25, -0.2) is 0 Å². The molecule has 2 N–H and O–H groups in total. The smallest absolute Gasteiger partial charge is 0.226 e. The van der Waals surface area contributed by atoms with Gasteiger partial charge >= 0.3 is 0 Å². The molecule has 2 aromatic rings. The Balaban J connectivity index is 1.52. The molecule has 1 aliphatic heterocycles. The van der Waals surface area contributed by atoms with Crippen molar-refractivity contribution in [3.8, 4) is 0 Å². The van der Waals surface area contributed by atoms with E-state index in [0.29, 0.717) is 18.9 Å². The zero-order valence-corrected chi connectivity index (χ0v) is 14.2. The van der Waals surface area contributed by atoms with Crippen LogP contribution in [-0.2, 0) is 17.8 Å². The van der Waals surface area contributed by atoms with Crippen LogP contribution >= 0.6 is 0 Å². The summed E-state index contributed by atoms with van der Waals surface area (Å²) >= 11 is 0. The molecule has 6 heteroatoms. The van der Waals surface area contributed by atoms with E-state index < -0.39 is 0 Å². The van der Waals surface area contributed by atoms with Crippen molar-refractivity contribution in [1.29, 1.82) is 0 Å². The Labute approximate surface area is 142 Å². The summed E-state index contributed by atoms with van der Waals surface area (Å²) in [5, 5.41) is 14.8. The van der Waals surface area contributed by atoms with Gasteiger partial charge in [0.2, 0.25) is 5.91 Å². The van der Waals surface area contributed by atoms with Crippen molar-refractivity contribution in [3.63, 3.8) is 0 Å². The van der Waals surface area contributed by atoms with E-state index in [-0.39, 0.29) is 5.91 Å². The maximum absolute atomic E-state index is 12.2. The monoisotopic (exact) mass is 327 g/mol. The lowest BCUT2D eigenvalue weighted by Crippen LogP contribution is -2.28. The number of rotatable bonds is 6. The van der Waals surface area contributed by atoms with E-state index in [0.717, 1.165) is 42.9 Å². The van der Waals surface area contributed by atoms with Crippen LogP contribution in [0.2, 0.25) is 0 Å². The number of hydrogen-bond acceptors (Lipinski definition) is 4. The Morgan fingerprint density at radius 1 is 1.42 bits per heavy atom. The van der Waals surface area contributed by atoms with E-state index in [1.807, 2.05) is 30.5 Å². The minimum atomic E-state index is 0.00674. The minimum Gasteiger partial charge on any atom is -0.326 e. The van der Waals surface area contributed by atoms with Gasteiger partial charge in [-0.15, -0.1) is 5.10 Å². The summed E-state index contributed by atoms with van der Waals surface area (Å²) in [6.07, 6.45) is 5.60. The van der Waals surface area contributed by atoms with Crippen LogP contribution in [0.1, 0.15) is 43.4 Å². The van der Waals surface area contributed by atoms with E-state index in [9.17, 15) is 4.79 Å². The third kappa shape index (κ3) is 4.20. The predicted octanol–water partition coefficient (Wildman–Crippen LogP) is 2.34. The average Bonchev–Trinajstić information content (AvgIpc) is 3.10. The van der Waals surface area contributed by atoms with Gasteiger partial charge in [0.05, 0.1) is 12.2 Å². The van der Waals surface area contributed by atoms with E-state index >= 15 is 0 Å². The number of aromatic nitrogens is 3. The summed E-state index contributed by atoms with van der Waals surface area (Å²) in [6, 6.07) is 7.92. The summed E-state index contributed by atoms with van der Waals surface area (Å²) in [5.41, 5.74) is 3.08. The molecule has 1 aliphatic rings. The van der Waals surface area contributed by atoms with Crippen molar-refractivity contribution in [1.82, 2.24) is 20.3 Å². The number of nitrogens with zero attached hydrogens (tertiary/aromatic N) is 3. The van der Waals surface area contributed by atoms with Gasteiger partial charge in [0.25, 0.3) is 0 Å². The number of hydrogen-bond donors (Lipinski definition) is 2. The molecule has 0 radical (unpaired) electrons. The van der Waals surface area contributed by atoms with Gasteiger partial charge < -0.3 is 10.6 Å². The van der Waals surface area contributed by atoms with Crippen LogP contribution in [0.3, 0.4) is 0 Å². The van der Waals surface area contributed by atoms with Crippen LogP contribution in [0.5, 0.6) is 0 Å². The second kappa shape index (κ2) is 8.06. The fraction of sp³-hybridized carbons (Fsp3) is 0.500. The number of anilines is 1. The first-order valence-electron chi connectivity index (χ1n) is 8.74. The van der Waals surface area contributed by atoms with E-state index in [2.05, 4.69) is 27.9 Å². The van der Waals surface area contributed by atoms with E-state index in [1.54, 1.807) is 4.68 Å². The molecule has 1 amide bonds. The third-order valence-electron chi connectivity index (χ3n) is 4.51. The molecule has 0 aliphatic carbocycles. The van der Waals surface area contributed by atoms with Gasteiger partial charge in [0.15, 0.2) is 0 Å². The average molecular weight is 327 g/mol. The molecule has 1 atom stereocenters. The number of aryl methyl sites for hydroxylation is 2. The van der Waals surface area contributed by atoms with Gasteiger partial charge in [-0.2, -0.15) is 0 Å². The van der Waals surface area contributed by atoms with Gasteiger partial charge in [-0.1, -0.05) is 30.3 Å². The maximum Gasteiger partial charge on any atom is 0.226 e. The van der Waals surface area contributed by atoms with Gasteiger partial charge in [-0.3, -0.25) is 9.48 Å². The molecule has 128 valence electrons. The molecule has 1 unspecified atom stereocenters. The van der Waals surface area contributed by atoms with Crippen molar-refractivity contribution in [2.45, 2.75) is 45.1 Å². The first-order valence-corrected chi connectivity index (χ1v) is 8.74. The van der Waals surface area contributed by atoms with Crippen LogP contribution in [0.25, 0.3) is 0 Å². The Kier molecular flexibility index (Phi) is 5.59. The number of piperidine rings is 1. The van der Waals surface area contributed by atoms with Crippen molar-refractivity contribution < 1.29 is 4.79 Å². The number of benzene rings is 1. The molecule has 6 nitrogen and oxygen atoms in total. The molecule has 24 heavy (non-hydrogen) atoms. The first kappa shape index (κ1) is 16.6. The third-order valence-corrected chi connectivity index (χ3v) is 4.51. The highest BCUT2D eigenvalue weighted by molar-refractivity contribution is 5.91. The summed E-state index contributed by atoms with van der Waals surface area (Å²) in [6.45, 7) is 4.69. The molecule has 1 saturated heterocycles. The second-order valence-corrected chi connectivity index (χ2v) is 6.26. The number of amides is 1. The Bertz CT molecular complexity index is 676. The molecule has 0 saturated carbocycles. The number of nitrogens with one attached hydrogen (secondary N) is 2. The molecule has 1 aromatic heterocycles. The first-order chi connectivity index (χ1) is 11.8. The molecular weight excluding hydrogens is 302 g/mol. The molecule has 0 bridgehead atoms. The Morgan fingerprint density at radius 2 is 2.29 bits per heavy atom. The highest BCUT2D eigenvalue weighted by Crippen LogP contribution is 2.20. The van der Waals surface area contributed by atoms with Gasteiger partial charge in [-0.05, 0) is 37.4 Å². The summed E-state index contributed by atoms with van der Waals surface area (Å²) < 4.78 is 1.77. The molecule has 1 fully saturated rings. The van der Waals surface area contributed by atoms with Crippen LogP contribution in [0, 0.1) is 0 Å². The summed E-state index contributed by atoms with van der Waals surface area (Å²) in [5.74, 6) is 0.449. The van der Waals surface area contributed by atoms with Crippen molar-refractivity contribution in [2.24, 2.45) is 0 Å². The molecule has 3 rings (SSSR count).